The summed E-state index contributed by atoms with van der Waals surface area (Å²) < 4.78 is 0. The van der Waals surface area contributed by atoms with E-state index in [9.17, 15) is 0 Å². The predicted octanol–water partition coefficient (Wildman–Crippen LogP) is 5.57. The maximum Gasteiger partial charge on any atom is 0.0109 e. The van der Waals surface area contributed by atoms with E-state index in [0.717, 1.165) is 0 Å². The van der Waals surface area contributed by atoms with Gasteiger partial charge in [0, 0.05) is 13.1 Å². The van der Waals surface area contributed by atoms with E-state index in [2.05, 4.69) is 37.5 Å². The van der Waals surface area contributed by atoms with Crippen LogP contribution in [-0.2, 0) is 0 Å². The first-order valence-electron chi connectivity index (χ1n) is 10.2. The lowest BCUT2D eigenvalue weighted by molar-refractivity contribution is 0.217. The maximum absolute atomic E-state index is 2.63. The summed E-state index contributed by atoms with van der Waals surface area (Å²) in [6.07, 6.45) is 14.4. The highest BCUT2D eigenvalue weighted by molar-refractivity contribution is 4.60. The van der Waals surface area contributed by atoms with Gasteiger partial charge >= 0.3 is 0 Å². The van der Waals surface area contributed by atoms with Crippen molar-refractivity contribution in [3.8, 4) is 0 Å². The molecule has 0 saturated carbocycles. The lowest BCUT2D eigenvalue weighted by atomic mass is 10.1. The summed E-state index contributed by atoms with van der Waals surface area (Å²) in [5.41, 5.74) is 0. The lowest BCUT2D eigenvalue weighted by Gasteiger charge is -2.25. The second-order valence-corrected chi connectivity index (χ2v) is 6.64. The molecule has 0 saturated heterocycles. The highest BCUT2D eigenvalue weighted by Gasteiger charge is 2.05. The van der Waals surface area contributed by atoms with Gasteiger partial charge in [0.2, 0.25) is 0 Å². The van der Waals surface area contributed by atoms with E-state index in [-0.39, 0.29) is 0 Å². The van der Waals surface area contributed by atoms with Crippen molar-refractivity contribution in [1.29, 1.82) is 0 Å². The SMILES string of the molecule is CCCCCCCCCCCCN(CC)CCN(CC)CC. The number of nitrogens with zero attached hydrogens (tertiary/aromatic N) is 2. The molecule has 2 heteroatoms. The van der Waals surface area contributed by atoms with Crippen LogP contribution in [-0.4, -0.2) is 49.1 Å². The van der Waals surface area contributed by atoms with Crippen LogP contribution in [0.5, 0.6) is 0 Å². The van der Waals surface area contributed by atoms with Crippen molar-refractivity contribution in [2.24, 2.45) is 0 Å². The third-order valence-corrected chi connectivity index (χ3v) is 4.90. The van der Waals surface area contributed by atoms with E-state index in [4.69, 9.17) is 0 Å². The molecule has 22 heavy (non-hydrogen) atoms. The molecule has 0 amide bonds. The molecule has 0 N–H and O–H groups in total. The van der Waals surface area contributed by atoms with Crippen molar-refractivity contribution >= 4 is 0 Å². The average molecular weight is 313 g/mol. The minimum atomic E-state index is 1.19. The number of likely N-dealkylation sites (N-methyl/N-ethyl adjacent to an activating group) is 2. The molecule has 0 radical (unpaired) electrons. The smallest absolute Gasteiger partial charge is 0.0109 e. The van der Waals surface area contributed by atoms with E-state index < -0.39 is 0 Å². The summed E-state index contributed by atoms with van der Waals surface area (Å²) in [4.78, 5) is 5.16. The summed E-state index contributed by atoms with van der Waals surface area (Å²) in [6, 6.07) is 0. The molecular formula is C20H44N2. The van der Waals surface area contributed by atoms with Gasteiger partial charge in [-0.05, 0) is 32.6 Å². The Bertz CT molecular complexity index is 202. The minimum Gasteiger partial charge on any atom is -0.303 e. The second-order valence-electron chi connectivity index (χ2n) is 6.64. The monoisotopic (exact) mass is 312 g/mol. The van der Waals surface area contributed by atoms with E-state index in [1.807, 2.05) is 0 Å². The Hall–Kier alpha value is -0.0800. The molecule has 0 heterocycles. The molecule has 0 fully saturated rings. The number of hydrogen-bond donors (Lipinski definition) is 0. The molecule has 2 nitrogen and oxygen atoms in total. The molecule has 0 aliphatic carbocycles. The van der Waals surface area contributed by atoms with Crippen LogP contribution in [0.2, 0.25) is 0 Å². The first-order valence-corrected chi connectivity index (χ1v) is 10.2. The maximum atomic E-state index is 2.63. The predicted molar refractivity (Wildman–Crippen MR) is 102 cm³/mol. The molecule has 0 spiro atoms. The van der Waals surface area contributed by atoms with Crippen molar-refractivity contribution in [2.75, 3.05) is 39.3 Å². The highest BCUT2D eigenvalue weighted by Crippen LogP contribution is 2.10. The summed E-state index contributed by atoms with van der Waals surface area (Å²) in [6.45, 7) is 16.5. The van der Waals surface area contributed by atoms with Gasteiger partial charge in [0.25, 0.3) is 0 Å². The zero-order chi connectivity index (χ0) is 16.5. The fourth-order valence-electron chi connectivity index (χ4n) is 3.07. The third-order valence-electron chi connectivity index (χ3n) is 4.90. The molecule has 0 bridgehead atoms. The van der Waals surface area contributed by atoms with Gasteiger partial charge in [-0.2, -0.15) is 0 Å². The number of unbranched alkanes of at least 4 members (excludes halogenated alkanes) is 9. The van der Waals surface area contributed by atoms with Gasteiger partial charge in [-0.1, -0.05) is 85.5 Å². The zero-order valence-corrected chi connectivity index (χ0v) is 16.2. The molecule has 134 valence electrons. The van der Waals surface area contributed by atoms with Crippen molar-refractivity contribution < 1.29 is 0 Å². The van der Waals surface area contributed by atoms with Crippen LogP contribution in [0.4, 0.5) is 0 Å². The van der Waals surface area contributed by atoms with Gasteiger partial charge in [0.1, 0.15) is 0 Å². The molecule has 0 rings (SSSR count). The minimum absolute atomic E-state index is 1.19. The van der Waals surface area contributed by atoms with E-state index in [1.165, 1.54) is 103 Å². The van der Waals surface area contributed by atoms with Crippen LogP contribution in [0, 0.1) is 0 Å². The molecule has 0 atom stereocenters. The quantitative estimate of drug-likeness (QED) is 0.324. The van der Waals surface area contributed by atoms with Crippen LogP contribution in [0.3, 0.4) is 0 Å². The standard InChI is InChI=1S/C20H44N2/c1-5-9-10-11-12-13-14-15-16-17-18-22(8-4)20-19-21(6-2)7-3/h5-20H2,1-4H3. The Morgan fingerprint density at radius 1 is 0.409 bits per heavy atom. The molecule has 0 aromatic carbocycles. The van der Waals surface area contributed by atoms with Crippen LogP contribution >= 0.6 is 0 Å². The largest absolute Gasteiger partial charge is 0.303 e. The summed E-state index contributed by atoms with van der Waals surface area (Å²) in [5.74, 6) is 0. The fraction of sp³-hybridized carbons (Fsp3) is 1.00. The van der Waals surface area contributed by atoms with Crippen molar-refractivity contribution in [3.63, 3.8) is 0 Å². The third kappa shape index (κ3) is 13.6. The van der Waals surface area contributed by atoms with Crippen LogP contribution in [0.1, 0.15) is 91.9 Å². The van der Waals surface area contributed by atoms with Crippen molar-refractivity contribution in [3.05, 3.63) is 0 Å². The Labute approximate surface area is 141 Å². The lowest BCUT2D eigenvalue weighted by Crippen LogP contribution is -2.35. The topological polar surface area (TPSA) is 6.48 Å². The van der Waals surface area contributed by atoms with Gasteiger partial charge in [-0.15, -0.1) is 0 Å². The fourth-order valence-corrected chi connectivity index (χ4v) is 3.07. The summed E-state index contributed by atoms with van der Waals surface area (Å²) >= 11 is 0. The van der Waals surface area contributed by atoms with Gasteiger partial charge < -0.3 is 9.80 Å². The van der Waals surface area contributed by atoms with Crippen molar-refractivity contribution in [1.82, 2.24) is 9.80 Å². The molecule has 0 unspecified atom stereocenters. The summed E-state index contributed by atoms with van der Waals surface area (Å²) in [5, 5.41) is 0. The molecule has 0 aliphatic heterocycles. The van der Waals surface area contributed by atoms with Crippen LogP contribution < -0.4 is 0 Å². The normalized spacial score (nSPS) is 11.7. The van der Waals surface area contributed by atoms with Gasteiger partial charge in [-0.3, -0.25) is 0 Å². The number of hydrogen-bond acceptors (Lipinski definition) is 2. The van der Waals surface area contributed by atoms with E-state index in [0.29, 0.717) is 0 Å². The first kappa shape index (κ1) is 21.9. The first-order chi connectivity index (χ1) is 10.8. The second kappa shape index (κ2) is 17.3. The highest BCUT2D eigenvalue weighted by atomic mass is 15.2. The van der Waals surface area contributed by atoms with Gasteiger partial charge in [-0.25, -0.2) is 0 Å². The Kier molecular flexibility index (Phi) is 17.2. The van der Waals surface area contributed by atoms with Crippen LogP contribution in [0.25, 0.3) is 0 Å². The molecule has 0 aromatic rings. The molecule has 0 aliphatic rings. The van der Waals surface area contributed by atoms with E-state index in [1.54, 1.807) is 0 Å². The Morgan fingerprint density at radius 3 is 1.27 bits per heavy atom. The Balaban J connectivity index is 3.39. The Morgan fingerprint density at radius 2 is 0.818 bits per heavy atom. The van der Waals surface area contributed by atoms with Gasteiger partial charge in [0.05, 0.1) is 0 Å². The molecular weight excluding hydrogens is 268 g/mol. The zero-order valence-electron chi connectivity index (χ0n) is 16.2. The van der Waals surface area contributed by atoms with E-state index >= 15 is 0 Å². The average Bonchev–Trinajstić information content (AvgIpc) is 2.55. The van der Waals surface area contributed by atoms with Crippen molar-refractivity contribution in [2.45, 2.75) is 91.9 Å². The van der Waals surface area contributed by atoms with Gasteiger partial charge in [0.15, 0.2) is 0 Å². The van der Waals surface area contributed by atoms with Crippen LogP contribution in [0.15, 0.2) is 0 Å². The number of rotatable bonds is 17. The molecule has 0 aromatic heterocycles. The summed E-state index contributed by atoms with van der Waals surface area (Å²) in [7, 11) is 0.